The van der Waals surface area contributed by atoms with E-state index in [9.17, 15) is 24.9 Å². The number of aromatic hydroxyl groups is 1. The second-order valence-electron chi connectivity index (χ2n) is 5.09. The molecule has 0 saturated heterocycles. The third-order valence-corrected chi connectivity index (χ3v) is 3.48. The van der Waals surface area contributed by atoms with Crippen LogP contribution in [-0.4, -0.2) is 27.3 Å². The van der Waals surface area contributed by atoms with Crippen LogP contribution in [0.4, 0.5) is 0 Å². The van der Waals surface area contributed by atoms with Crippen molar-refractivity contribution < 1.29 is 29.6 Å². The number of phenolic OH excluding ortho intramolecular Hbond substituents is 1. The fraction of sp³-hybridized carbons (Fsp3) is 0. The van der Waals surface area contributed by atoms with Crippen molar-refractivity contribution in [2.75, 3.05) is 0 Å². The lowest BCUT2D eigenvalue weighted by Crippen LogP contribution is -2.01. The quantitative estimate of drug-likeness (QED) is 0.675. The summed E-state index contributed by atoms with van der Waals surface area (Å²) in [6.07, 6.45) is 0. The number of fused-ring (bicyclic) bond motifs is 1. The standard InChI is InChI=1S/C18H12O6/c19-12-6-5-10-7-11(17(20)21)8-16(14(10)9-12)24-15-4-2-1-3-13(15)18(22)23/h1-9,19H,(H,20,21)(H,22,23). The molecule has 3 aromatic carbocycles. The molecular formula is C18H12O6. The molecule has 0 fully saturated rings. The maximum Gasteiger partial charge on any atom is 0.339 e. The monoisotopic (exact) mass is 324 g/mol. The Morgan fingerprint density at radius 3 is 2.29 bits per heavy atom. The van der Waals surface area contributed by atoms with Crippen LogP contribution in [0.1, 0.15) is 20.7 Å². The van der Waals surface area contributed by atoms with Crippen molar-refractivity contribution in [3.63, 3.8) is 0 Å². The van der Waals surface area contributed by atoms with Gasteiger partial charge < -0.3 is 20.1 Å². The summed E-state index contributed by atoms with van der Waals surface area (Å²) in [6, 6.07) is 13.2. The van der Waals surface area contributed by atoms with Gasteiger partial charge in [-0.15, -0.1) is 0 Å². The number of carboxylic acids is 2. The lowest BCUT2D eigenvalue weighted by Gasteiger charge is -2.12. The van der Waals surface area contributed by atoms with Gasteiger partial charge in [0, 0.05) is 5.39 Å². The molecular weight excluding hydrogens is 312 g/mol. The zero-order valence-electron chi connectivity index (χ0n) is 12.3. The Hall–Kier alpha value is -3.54. The predicted octanol–water partition coefficient (Wildman–Crippen LogP) is 3.73. The highest BCUT2D eigenvalue weighted by atomic mass is 16.5. The Kier molecular flexibility index (Phi) is 3.79. The van der Waals surface area contributed by atoms with E-state index in [1.807, 2.05) is 0 Å². The van der Waals surface area contributed by atoms with E-state index in [1.54, 1.807) is 18.2 Å². The van der Waals surface area contributed by atoms with Gasteiger partial charge in [-0.25, -0.2) is 9.59 Å². The van der Waals surface area contributed by atoms with Crippen LogP contribution in [0, 0.1) is 0 Å². The highest BCUT2D eigenvalue weighted by Crippen LogP contribution is 2.34. The van der Waals surface area contributed by atoms with E-state index in [0.717, 1.165) is 0 Å². The molecule has 0 aliphatic rings. The van der Waals surface area contributed by atoms with Crippen LogP contribution in [-0.2, 0) is 0 Å². The molecule has 0 spiro atoms. The summed E-state index contributed by atoms with van der Waals surface area (Å²) >= 11 is 0. The average Bonchev–Trinajstić information content (AvgIpc) is 2.55. The smallest absolute Gasteiger partial charge is 0.339 e. The van der Waals surface area contributed by atoms with Crippen LogP contribution in [0.3, 0.4) is 0 Å². The topological polar surface area (TPSA) is 104 Å². The molecule has 0 amide bonds. The van der Waals surface area contributed by atoms with Gasteiger partial charge >= 0.3 is 11.9 Å². The summed E-state index contributed by atoms with van der Waals surface area (Å²) in [5.41, 5.74) is -0.0532. The zero-order chi connectivity index (χ0) is 17.3. The Balaban J connectivity index is 2.20. The van der Waals surface area contributed by atoms with E-state index in [2.05, 4.69) is 0 Å². The van der Waals surface area contributed by atoms with Crippen LogP contribution < -0.4 is 4.74 Å². The van der Waals surface area contributed by atoms with E-state index in [-0.39, 0.29) is 28.4 Å². The van der Waals surface area contributed by atoms with Crippen molar-refractivity contribution in [2.24, 2.45) is 0 Å². The summed E-state index contributed by atoms with van der Waals surface area (Å²) in [4.78, 5) is 22.6. The Morgan fingerprint density at radius 2 is 1.58 bits per heavy atom. The molecule has 0 atom stereocenters. The van der Waals surface area contributed by atoms with E-state index in [0.29, 0.717) is 10.8 Å². The fourth-order valence-corrected chi connectivity index (χ4v) is 2.37. The predicted molar refractivity (Wildman–Crippen MR) is 86.0 cm³/mol. The van der Waals surface area contributed by atoms with Crippen molar-refractivity contribution in [3.8, 4) is 17.2 Å². The first-order valence-electron chi connectivity index (χ1n) is 6.96. The summed E-state index contributed by atoms with van der Waals surface area (Å²) in [5.74, 6) is -2.08. The van der Waals surface area contributed by atoms with Crippen molar-refractivity contribution in [2.45, 2.75) is 0 Å². The molecule has 6 nitrogen and oxygen atoms in total. The molecule has 0 heterocycles. The van der Waals surface area contributed by atoms with Crippen LogP contribution >= 0.6 is 0 Å². The van der Waals surface area contributed by atoms with Gasteiger partial charge in [0.1, 0.15) is 22.8 Å². The number of phenols is 1. The van der Waals surface area contributed by atoms with Crippen molar-refractivity contribution >= 4 is 22.7 Å². The number of para-hydroxylation sites is 1. The zero-order valence-corrected chi connectivity index (χ0v) is 12.3. The normalized spacial score (nSPS) is 10.5. The van der Waals surface area contributed by atoms with Gasteiger partial charge in [0.2, 0.25) is 0 Å². The van der Waals surface area contributed by atoms with Gasteiger partial charge in [0.25, 0.3) is 0 Å². The third kappa shape index (κ3) is 2.85. The Labute approximate surface area is 136 Å². The molecule has 0 radical (unpaired) electrons. The SMILES string of the molecule is O=C(O)c1cc(Oc2ccccc2C(=O)O)c2cc(O)ccc2c1. The average molecular weight is 324 g/mol. The first kappa shape index (κ1) is 15.4. The Morgan fingerprint density at radius 1 is 0.833 bits per heavy atom. The van der Waals surface area contributed by atoms with E-state index in [1.165, 1.54) is 36.4 Å². The number of rotatable bonds is 4. The van der Waals surface area contributed by atoms with Gasteiger partial charge in [-0.3, -0.25) is 0 Å². The van der Waals surface area contributed by atoms with E-state index >= 15 is 0 Å². The fourth-order valence-electron chi connectivity index (χ4n) is 2.37. The summed E-state index contributed by atoms with van der Waals surface area (Å²) in [5, 5.41) is 29.2. The minimum Gasteiger partial charge on any atom is -0.508 e. The number of aromatic carboxylic acids is 2. The second-order valence-corrected chi connectivity index (χ2v) is 5.09. The maximum atomic E-state index is 11.3. The number of carbonyl (C=O) groups is 2. The molecule has 0 aliphatic heterocycles. The molecule has 0 aromatic heterocycles. The van der Waals surface area contributed by atoms with Crippen LogP contribution in [0.5, 0.6) is 17.2 Å². The number of hydrogen-bond acceptors (Lipinski definition) is 4. The van der Waals surface area contributed by atoms with Crippen molar-refractivity contribution in [1.82, 2.24) is 0 Å². The second kappa shape index (κ2) is 5.92. The molecule has 0 bridgehead atoms. The summed E-state index contributed by atoms with van der Waals surface area (Å²) in [7, 11) is 0. The molecule has 3 rings (SSSR count). The first-order chi connectivity index (χ1) is 11.5. The van der Waals surface area contributed by atoms with Gasteiger partial charge in [0.05, 0.1) is 5.56 Å². The Bertz CT molecular complexity index is 961. The molecule has 0 aliphatic carbocycles. The van der Waals surface area contributed by atoms with Gasteiger partial charge in [-0.05, 0) is 41.8 Å². The highest BCUT2D eigenvalue weighted by Gasteiger charge is 2.15. The van der Waals surface area contributed by atoms with E-state index in [4.69, 9.17) is 4.74 Å². The third-order valence-electron chi connectivity index (χ3n) is 3.48. The largest absolute Gasteiger partial charge is 0.508 e. The number of benzene rings is 3. The molecule has 0 unspecified atom stereocenters. The number of hydrogen-bond donors (Lipinski definition) is 3. The molecule has 3 N–H and O–H groups in total. The van der Waals surface area contributed by atoms with Crippen LogP contribution in [0.25, 0.3) is 10.8 Å². The molecule has 6 heteroatoms. The van der Waals surface area contributed by atoms with Crippen LogP contribution in [0.15, 0.2) is 54.6 Å². The van der Waals surface area contributed by atoms with Gasteiger partial charge in [0.15, 0.2) is 0 Å². The minimum absolute atomic E-state index is 0.00371. The van der Waals surface area contributed by atoms with Crippen molar-refractivity contribution in [1.29, 1.82) is 0 Å². The summed E-state index contributed by atoms with van der Waals surface area (Å²) in [6.45, 7) is 0. The lowest BCUT2D eigenvalue weighted by atomic mass is 10.1. The van der Waals surface area contributed by atoms with E-state index < -0.39 is 11.9 Å². The molecule has 24 heavy (non-hydrogen) atoms. The molecule has 120 valence electrons. The lowest BCUT2D eigenvalue weighted by molar-refractivity contribution is 0.0683. The highest BCUT2D eigenvalue weighted by molar-refractivity contribution is 5.98. The van der Waals surface area contributed by atoms with Crippen molar-refractivity contribution in [3.05, 3.63) is 65.7 Å². The maximum absolute atomic E-state index is 11.3. The molecule has 0 saturated carbocycles. The van der Waals surface area contributed by atoms with Crippen LogP contribution in [0.2, 0.25) is 0 Å². The first-order valence-corrected chi connectivity index (χ1v) is 6.96. The van der Waals surface area contributed by atoms with Gasteiger partial charge in [-0.1, -0.05) is 18.2 Å². The minimum atomic E-state index is -1.16. The number of carboxylic acid groups (broad SMARTS) is 2. The molecule has 3 aromatic rings. The summed E-state index contributed by atoms with van der Waals surface area (Å²) < 4.78 is 5.67. The number of ether oxygens (including phenoxy) is 1. The van der Waals surface area contributed by atoms with Gasteiger partial charge in [-0.2, -0.15) is 0 Å².